The van der Waals surface area contributed by atoms with E-state index in [-0.39, 0.29) is 18.0 Å². The molecule has 2 aromatic heterocycles. The van der Waals surface area contributed by atoms with Crippen molar-refractivity contribution in [3.05, 3.63) is 90.2 Å². The maximum atomic E-state index is 14.8. The molecule has 0 saturated heterocycles. The van der Waals surface area contributed by atoms with Crippen molar-refractivity contribution in [2.75, 3.05) is 12.3 Å². The van der Waals surface area contributed by atoms with Crippen LogP contribution in [-0.4, -0.2) is 27.8 Å². The Balaban J connectivity index is 1.60. The SMILES string of the molecule is Nc1ncc(-c2cnoc2)cc1-c1ccc(C(=O)NC(CO)c2ccccc2)c(F)c1. The van der Waals surface area contributed by atoms with Crippen molar-refractivity contribution in [3.63, 3.8) is 0 Å². The number of benzene rings is 2. The van der Waals surface area contributed by atoms with Gasteiger partial charge in [0, 0.05) is 22.9 Å². The van der Waals surface area contributed by atoms with E-state index < -0.39 is 17.8 Å². The van der Waals surface area contributed by atoms with Crippen molar-refractivity contribution in [2.24, 2.45) is 0 Å². The van der Waals surface area contributed by atoms with Crippen molar-refractivity contribution in [3.8, 4) is 22.3 Å². The molecule has 1 atom stereocenters. The number of pyridine rings is 1. The lowest BCUT2D eigenvalue weighted by Crippen LogP contribution is -2.31. The number of aromatic nitrogens is 2. The molecule has 0 radical (unpaired) electrons. The Hall–Kier alpha value is -4.04. The first-order valence-corrected chi connectivity index (χ1v) is 9.48. The van der Waals surface area contributed by atoms with E-state index in [0.29, 0.717) is 22.3 Å². The summed E-state index contributed by atoms with van der Waals surface area (Å²) in [6, 6.07) is 14.3. The van der Waals surface area contributed by atoms with E-state index in [1.807, 2.05) is 6.07 Å². The summed E-state index contributed by atoms with van der Waals surface area (Å²) < 4.78 is 19.7. The fourth-order valence-electron chi connectivity index (χ4n) is 3.23. The number of anilines is 1. The minimum atomic E-state index is -0.713. The van der Waals surface area contributed by atoms with E-state index in [0.717, 1.165) is 5.56 Å². The van der Waals surface area contributed by atoms with E-state index in [2.05, 4.69) is 15.5 Å². The Labute approximate surface area is 177 Å². The highest BCUT2D eigenvalue weighted by Crippen LogP contribution is 2.30. The number of carbonyl (C=O) groups excluding carboxylic acids is 1. The monoisotopic (exact) mass is 418 g/mol. The Morgan fingerprint density at radius 2 is 1.90 bits per heavy atom. The van der Waals surface area contributed by atoms with Crippen LogP contribution in [0.4, 0.5) is 10.2 Å². The fraction of sp³-hybridized carbons (Fsp3) is 0.0870. The summed E-state index contributed by atoms with van der Waals surface area (Å²) in [6.45, 7) is -0.312. The lowest BCUT2D eigenvalue weighted by Gasteiger charge is -2.17. The van der Waals surface area contributed by atoms with Crippen LogP contribution in [0.15, 0.2) is 77.8 Å². The highest BCUT2D eigenvalue weighted by atomic mass is 19.1. The number of nitrogens with two attached hydrogens (primary N) is 1. The second kappa shape index (κ2) is 8.76. The van der Waals surface area contributed by atoms with Gasteiger partial charge in [0.15, 0.2) is 0 Å². The highest BCUT2D eigenvalue weighted by molar-refractivity contribution is 5.95. The molecule has 0 bridgehead atoms. The normalized spacial score (nSPS) is 11.8. The molecule has 4 rings (SSSR count). The van der Waals surface area contributed by atoms with Gasteiger partial charge in [-0.05, 0) is 29.3 Å². The molecule has 1 unspecified atom stereocenters. The third-order valence-corrected chi connectivity index (χ3v) is 4.90. The predicted octanol–water partition coefficient (Wildman–Crippen LogP) is 3.59. The number of carbonyl (C=O) groups is 1. The van der Waals surface area contributed by atoms with Crippen LogP contribution in [0.3, 0.4) is 0 Å². The minimum absolute atomic E-state index is 0.139. The molecule has 7 nitrogen and oxygen atoms in total. The molecule has 0 fully saturated rings. The molecule has 0 spiro atoms. The summed E-state index contributed by atoms with van der Waals surface area (Å²) in [5.74, 6) is -1.12. The average molecular weight is 418 g/mol. The summed E-state index contributed by atoms with van der Waals surface area (Å²) in [7, 11) is 0. The summed E-state index contributed by atoms with van der Waals surface area (Å²) in [5.41, 5.74) is 8.98. The maximum Gasteiger partial charge on any atom is 0.254 e. The maximum absolute atomic E-state index is 14.8. The van der Waals surface area contributed by atoms with Crippen LogP contribution >= 0.6 is 0 Å². The lowest BCUT2D eigenvalue weighted by molar-refractivity contribution is 0.0912. The van der Waals surface area contributed by atoms with Crippen LogP contribution in [-0.2, 0) is 0 Å². The number of amides is 1. The smallest absolute Gasteiger partial charge is 0.254 e. The number of hydrogen-bond donors (Lipinski definition) is 3. The van der Waals surface area contributed by atoms with Gasteiger partial charge < -0.3 is 20.7 Å². The van der Waals surface area contributed by atoms with Crippen molar-refractivity contribution < 1.29 is 18.8 Å². The number of aliphatic hydroxyl groups excluding tert-OH is 1. The third-order valence-electron chi connectivity index (χ3n) is 4.90. The quantitative estimate of drug-likeness (QED) is 0.441. The summed E-state index contributed by atoms with van der Waals surface area (Å²) >= 11 is 0. The zero-order valence-corrected chi connectivity index (χ0v) is 16.3. The van der Waals surface area contributed by atoms with Gasteiger partial charge in [0.05, 0.1) is 24.4 Å². The number of nitrogen functional groups attached to an aromatic ring is 1. The average Bonchev–Trinajstić information content (AvgIpc) is 3.33. The molecule has 1 amide bonds. The van der Waals surface area contributed by atoms with Gasteiger partial charge >= 0.3 is 0 Å². The van der Waals surface area contributed by atoms with E-state index in [1.54, 1.807) is 42.6 Å². The number of nitrogens with zero attached hydrogens (tertiary/aromatic N) is 2. The molecule has 31 heavy (non-hydrogen) atoms. The van der Waals surface area contributed by atoms with Gasteiger partial charge in [-0.1, -0.05) is 41.6 Å². The number of halogens is 1. The largest absolute Gasteiger partial charge is 0.394 e. The number of nitrogens with one attached hydrogen (secondary N) is 1. The molecule has 0 aliphatic carbocycles. The van der Waals surface area contributed by atoms with E-state index in [4.69, 9.17) is 10.3 Å². The lowest BCUT2D eigenvalue weighted by atomic mass is 10.0. The summed E-state index contributed by atoms with van der Waals surface area (Å²) in [6.07, 6.45) is 4.58. The third kappa shape index (κ3) is 4.29. The molecular weight excluding hydrogens is 399 g/mol. The van der Waals surface area contributed by atoms with Crippen LogP contribution < -0.4 is 11.1 Å². The topological polar surface area (TPSA) is 114 Å². The first-order valence-electron chi connectivity index (χ1n) is 9.48. The van der Waals surface area contributed by atoms with Gasteiger partial charge in [-0.3, -0.25) is 4.79 Å². The van der Waals surface area contributed by atoms with Gasteiger partial charge in [-0.15, -0.1) is 0 Å². The molecular formula is C23H19FN4O3. The molecule has 4 N–H and O–H groups in total. The molecule has 8 heteroatoms. The van der Waals surface area contributed by atoms with Gasteiger partial charge in [-0.2, -0.15) is 0 Å². The van der Waals surface area contributed by atoms with Crippen molar-refractivity contribution in [1.29, 1.82) is 0 Å². The molecule has 0 aliphatic heterocycles. The zero-order chi connectivity index (χ0) is 21.8. The second-order valence-electron chi connectivity index (χ2n) is 6.88. The summed E-state index contributed by atoms with van der Waals surface area (Å²) in [5, 5.41) is 16.0. The molecule has 0 aliphatic rings. The Bertz CT molecular complexity index is 1200. The molecule has 2 aromatic carbocycles. The highest BCUT2D eigenvalue weighted by Gasteiger charge is 2.19. The number of hydrogen-bond acceptors (Lipinski definition) is 6. The molecule has 4 aromatic rings. The molecule has 2 heterocycles. The Kier molecular flexibility index (Phi) is 5.72. The summed E-state index contributed by atoms with van der Waals surface area (Å²) in [4.78, 5) is 16.8. The van der Waals surface area contributed by atoms with Crippen LogP contribution in [0.25, 0.3) is 22.3 Å². The first kappa shape index (κ1) is 20.2. The predicted molar refractivity (Wildman–Crippen MR) is 113 cm³/mol. The zero-order valence-electron chi connectivity index (χ0n) is 16.3. The Morgan fingerprint density at radius 1 is 1.10 bits per heavy atom. The first-order chi connectivity index (χ1) is 15.1. The number of aliphatic hydroxyl groups is 1. The van der Waals surface area contributed by atoms with Crippen LogP contribution in [0, 0.1) is 5.82 Å². The molecule has 0 saturated carbocycles. The van der Waals surface area contributed by atoms with E-state index >= 15 is 0 Å². The number of rotatable bonds is 6. The fourth-order valence-corrected chi connectivity index (χ4v) is 3.23. The molecule has 156 valence electrons. The van der Waals surface area contributed by atoms with Crippen molar-refractivity contribution in [1.82, 2.24) is 15.5 Å². The van der Waals surface area contributed by atoms with Crippen LogP contribution in [0.1, 0.15) is 22.0 Å². The standard InChI is InChI=1S/C23H19FN4O3/c24-20-9-15(19-8-16(10-26-22(19)25)17-11-27-31-13-17)6-7-18(20)23(30)28-21(12-29)14-4-2-1-3-5-14/h1-11,13,21,29H,12H2,(H2,25,26)(H,28,30). The van der Waals surface area contributed by atoms with Crippen LogP contribution in [0.2, 0.25) is 0 Å². The Morgan fingerprint density at radius 3 is 2.58 bits per heavy atom. The van der Waals surface area contributed by atoms with E-state index in [1.165, 1.54) is 24.6 Å². The second-order valence-corrected chi connectivity index (χ2v) is 6.88. The van der Waals surface area contributed by atoms with Gasteiger partial charge in [-0.25, -0.2) is 9.37 Å². The van der Waals surface area contributed by atoms with Gasteiger partial charge in [0.2, 0.25) is 0 Å². The van der Waals surface area contributed by atoms with Gasteiger partial charge in [0.25, 0.3) is 5.91 Å². The van der Waals surface area contributed by atoms with Crippen molar-refractivity contribution >= 4 is 11.7 Å². The minimum Gasteiger partial charge on any atom is -0.394 e. The van der Waals surface area contributed by atoms with Crippen molar-refractivity contribution in [2.45, 2.75) is 6.04 Å². The van der Waals surface area contributed by atoms with Crippen LogP contribution in [0.5, 0.6) is 0 Å². The van der Waals surface area contributed by atoms with Gasteiger partial charge in [0.1, 0.15) is 17.9 Å². The van der Waals surface area contributed by atoms with E-state index in [9.17, 15) is 14.3 Å².